The molecule has 0 N–H and O–H groups in total. The molecule has 0 aromatic rings. The number of hydrogen-bond acceptors (Lipinski definition) is 3. The first kappa shape index (κ1) is 11.7. The fraction of sp³-hybridized carbons (Fsp3) is 0.900. The van der Waals surface area contributed by atoms with Crippen molar-refractivity contribution in [3.05, 3.63) is 0 Å². The van der Waals surface area contributed by atoms with Gasteiger partial charge in [0, 0.05) is 13.1 Å². The molecule has 0 bridgehead atoms. The lowest BCUT2D eigenvalue weighted by Gasteiger charge is -2.30. The number of piperidine rings is 1. The monoisotopic (exact) mass is 217 g/mol. The van der Waals surface area contributed by atoms with Crippen LogP contribution in [-0.4, -0.2) is 43.2 Å². The summed E-state index contributed by atoms with van der Waals surface area (Å²) in [7, 11) is 1.45. The van der Waals surface area contributed by atoms with E-state index in [4.69, 9.17) is 0 Å². The van der Waals surface area contributed by atoms with Crippen LogP contribution in [0.1, 0.15) is 19.3 Å². The van der Waals surface area contributed by atoms with Gasteiger partial charge in [0.15, 0.2) is 0 Å². The molecule has 1 aliphatic heterocycles. The first-order valence-electron chi connectivity index (χ1n) is 5.09. The van der Waals surface area contributed by atoms with E-state index in [0.717, 1.165) is 31.8 Å². The first-order chi connectivity index (χ1) is 6.77. The van der Waals surface area contributed by atoms with Crippen LogP contribution in [0.4, 0.5) is 4.79 Å². The summed E-state index contributed by atoms with van der Waals surface area (Å²) in [6.07, 6.45) is 5.53. The van der Waals surface area contributed by atoms with Gasteiger partial charge >= 0.3 is 6.09 Å². The van der Waals surface area contributed by atoms with Gasteiger partial charge < -0.3 is 9.64 Å². The van der Waals surface area contributed by atoms with Gasteiger partial charge in [-0.1, -0.05) is 0 Å². The van der Waals surface area contributed by atoms with Crippen LogP contribution in [0.15, 0.2) is 0 Å². The molecule has 82 valence electrons. The first-order valence-corrected chi connectivity index (χ1v) is 6.49. The Balaban J connectivity index is 2.20. The molecular weight excluding hydrogens is 198 g/mol. The number of hydrogen-bond donors (Lipinski definition) is 0. The SMILES string of the molecule is COC(=O)N1CCC(CCSC)CC1. The lowest BCUT2D eigenvalue weighted by atomic mass is 9.95. The molecular formula is C10H19NO2S. The smallest absolute Gasteiger partial charge is 0.409 e. The van der Waals surface area contributed by atoms with E-state index in [0.29, 0.717) is 0 Å². The van der Waals surface area contributed by atoms with Gasteiger partial charge in [-0.2, -0.15) is 11.8 Å². The van der Waals surface area contributed by atoms with E-state index in [2.05, 4.69) is 11.0 Å². The lowest BCUT2D eigenvalue weighted by Crippen LogP contribution is -2.38. The standard InChI is InChI=1S/C10H19NO2S/c1-13-10(12)11-6-3-9(4-7-11)5-8-14-2/h9H,3-8H2,1-2H3. The zero-order valence-electron chi connectivity index (χ0n) is 8.99. The Morgan fingerprint density at radius 2 is 2.14 bits per heavy atom. The van der Waals surface area contributed by atoms with Crippen LogP contribution in [0, 0.1) is 5.92 Å². The zero-order valence-corrected chi connectivity index (χ0v) is 9.81. The van der Waals surface area contributed by atoms with E-state index in [9.17, 15) is 4.79 Å². The Morgan fingerprint density at radius 1 is 1.50 bits per heavy atom. The molecule has 0 aromatic carbocycles. The molecule has 0 aromatic heterocycles. The highest BCUT2D eigenvalue weighted by Crippen LogP contribution is 2.21. The van der Waals surface area contributed by atoms with Crippen molar-refractivity contribution in [2.45, 2.75) is 19.3 Å². The van der Waals surface area contributed by atoms with Crippen molar-refractivity contribution < 1.29 is 9.53 Å². The van der Waals surface area contributed by atoms with E-state index >= 15 is 0 Å². The number of ether oxygens (including phenoxy) is 1. The highest BCUT2D eigenvalue weighted by atomic mass is 32.2. The van der Waals surface area contributed by atoms with E-state index in [-0.39, 0.29) is 6.09 Å². The van der Waals surface area contributed by atoms with Gasteiger partial charge in [0.2, 0.25) is 0 Å². The second-order valence-electron chi connectivity index (χ2n) is 3.68. The minimum atomic E-state index is -0.173. The van der Waals surface area contributed by atoms with Crippen LogP contribution < -0.4 is 0 Å². The maximum atomic E-state index is 11.2. The van der Waals surface area contributed by atoms with Crippen LogP contribution in [0.25, 0.3) is 0 Å². The molecule has 1 rings (SSSR count). The van der Waals surface area contributed by atoms with E-state index < -0.39 is 0 Å². The second-order valence-corrected chi connectivity index (χ2v) is 4.67. The quantitative estimate of drug-likeness (QED) is 0.726. The van der Waals surface area contributed by atoms with Gasteiger partial charge in [-0.25, -0.2) is 4.79 Å². The molecule has 0 spiro atoms. The largest absolute Gasteiger partial charge is 0.453 e. The molecule has 1 heterocycles. The maximum Gasteiger partial charge on any atom is 0.409 e. The summed E-state index contributed by atoms with van der Waals surface area (Å²) < 4.78 is 4.69. The maximum absolute atomic E-state index is 11.2. The average Bonchev–Trinajstić information content (AvgIpc) is 2.26. The van der Waals surface area contributed by atoms with Crippen molar-refractivity contribution in [1.82, 2.24) is 4.90 Å². The Morgan fingerprint density at radius 3 is 2.64 bits per heavy atom. The van der Waals surface area contributed by atoms with Crippen molar-refractivity contribution in [2.75, 3.05) is 32.2 Å². The topological polar surface area (TPSA) is 29.5 Å². The van der Waals surface area contributed by atoms with Gasteiger partial charge in [0.05, 0.1) is 7.11 Å². The Hall–Kier alpha value is -0.380. The Bertz CT molecular complexity index is 179. The predicted octanol–water partition coefficient (Wildman–Crippen LogP) is 2.22. The van der Waals surface area contributed by atoms with Crippen molar-refractivity contribution in [3.8, 4) is 0 Å². The minimum Gasteiger partial charge on any atom is -0.453 e. The molecule has 1 aliphatic rings. The van der Waals surface area contributed by atoms with Crippen molar-refractivity contribution in [2.24, 2.45) is 5.92 Å². The number of rotatable bonds is 3. The number of nitrogens with zero attached hydrogens (tertiary/aromatic N) is 1. The number of carbonyl (C=O) groups is 1. The van der Waals surface area contributed by atoms with Crippen molar-refractivity contribution in [1.29, 1.82) is 0 Å². The van der Waals surface area contributed by atoms with Gasteiger partial charge in [-0.15, -0.1) is 0 Å². The molecule has 0 saturated carbocycles. The zero-order chi connectivity index (χ0) is 10.4. The fourth-order valence-corrected chi connectivity index (χ4v) is 2.39. The summed E-state index contributed by atoms with van der Waals surface area (Å²) in [4.78, 5) is 13.0. The summed E-state index contributed by atoms with van der Waals surface area (Å²) in [5.74, 6) is 2.05. The third-order valence-electron chi connectivity index (χ3n) is 2.78. The third-order valence-corrected chi connectivity index (χ3v) is 3.42. The van der Waals surface area contributed by atoms with Crippen LogP contribution in [0.5, 0.6) is 0 Å². The molecule has 0 atom stereocenters. The summed E-state index contributed by atoms with van der Waals surface area (Å²) in [6, 6.07) is 0. The van der Waals surface area contributed by atoms with Gasteiger partial charge in [-0.3, -0.25) is 0 Å². The van der Waals surface area contributed by atoms with Gasteiger partial charge in [0.25, 0.3) is 0 Å². The minimum absolute atomic E-state index is 0.173. The van der Waals surface area contributed by atoms with Crippen LogP contribution in [-0.2, 0) is 4.74 Å². The summed E-state index contributed by atoms with van der Waals surface area (Å²) >= 11 is 1.90. The van der Waals surface area contributed by atoms with E-state index in [1.807, 2.05) is 11.8 Å². The van der Waals surface area contributed by atoms with Crippen LogP contribution >= 0.6 is 11.8 Å². The summed E-state index contributed by atoms with van der Waals surface area (Å²) in [6.45, 7) is 1.73. The number of carbonyl (C=O) groups excluding carboxylic acids is 1. The number of amides is 1. The predicted molar refractivity (Wildman–Crippen MR) is 59.7 cm³/mol. The molecule has 0 radical (unpaired) electrons. The highest BCUT2D eigenvalue weighted by molar-refractivity contribution is 7.98. The van der Waals surface area contributed by atoms with E-state index in [1.54, 1.807) is 4.90 Å². The molecule has 1 amide bonds. The summed E-state index contributed by atoms with van der Waals surface area (Å²) in [5, 5.41) is 0. The Kier molecular flexibility index (Phi) is 5.15. The Labute approximate surface area is 90.2 Å². The fourth-order valence-electron chi connectivity index (χ4n) is 1.82. The van der Waals surface area contributed by atoms with Crippen LogP contribution in [0.2, 0.25) is 0 Å². The molecule has 1 fully saturated rings. The van der Waals surface area contributed by atoms with Gasteiger partial charge in [-0.05, 0) is 37.2 Å². The van der Waals surface area contributed by atoms with Crippen molar-refractivity contribution >= 4 is 17.9 Å². The van der Waals surface area contributed by atoms with Gasteiger partial charge in [0.1, 0.15) is 0 Å². The normalized spacial score (nSPS) is 18.3. The number of thioether (sulfide) groups is 1. The highest BCUT2D eigenvalue weighted by Gasteiger charge is 2.22. The van der Waals surface area contributed by atoms with Crippen LogP contribution in [0.3, 0.4) is 0 Å². The molecule has 3 nitrogen and oxygen atoms in total. The third kappa shape index (κ3) is 3.40. The molecule has 0 aliphatic carbocycles. The molecule has 1 saturated heterocycles. The molecule has 14 heavy (non-hydrogen) atoms. The average molecular weight is 217 g/mol. The van der Waals surface area contributed by atoms with Crippen molar-refractivity contribution in [3.63, 3.8) is 0 Å². The number of methoxy groups -OCH3 is 1. The number of likely N-dealkylation sites (tertiary alicyclic amines) is 1. The molecule has 0 unspecified atom stereocenters. The molecule has 4 heteroatoms. The van der Waals surface area contributed by atoms with E-state index in [1.165, 1.54) is 19.3 Å². The lowest BCUT2D eigenvalue weighted by molar-refractivity contribution is 0.105. The second kappa shape index (κ2) is 6.17. The summed E-state index contributed by atoms with van der Waals surface area (Å²) in [5.41, 5.74) is 0.